The number of nitrogens with zero attached hydrogens (tertiary/aromatic N) is 3. The van der Waals surface area contributed by atoms with Gasteiger partial charge in [0.1, 0.15) is 18.5 Å². The number of esters is 2. The Balaban J connectivity index is 2.49. The molecule has 0 unspecified atom stereocenters. The van der Waals surface area contributed by atoms with Crippen molar-refractivity contribution in [1.82, 2.24) is 14.5 Å². The van der Waals surface area contributed by atoms with Crippen molar-refractivity contribution >= 4 is 28.9 Å². The number of ether oxygens (including phenoxy) is 2. The quantitative estimate of drug-likeness (QED) is 0.0388. The lowest BCUT2D eigenvalue weighted by Gasteiger charge is -2.22. The number of hydrogen-bond acceptors (Lipinski definition) is 7. The molecule has 1 aromatic heterocycles. The summed E-state index contributed by atoms with van der Waals surface area (Å²) in [5.74, 6) is 1.48. The molecule has 0 saturated heterocycles. The van der Waals surface area contributed by atoms with Gasteiger partial charge in [-0.3, -0.25) is 14.4 Å². The number of rotatable bonds is 35. The van der Waals surface area contributed by atoms with Crippen molar-refractivity contribution in [3.05, 3.63) is 30.4 Å². The molecule has 0 radical (unpaired) electrons. The van der Waals surface area contributed by atoms with E-state index in [4.69, 9.17) is 9.47 Å². The number of thioether (sulfide) groups is 1. The molecule has 1 amide bonds. The second-order valence-electron chi connectivity index (χ2n) is 14.4. The topological polar surface area (TPSA) is 90.7 Å². The van der Waals surface area contributed by atoms with Crippen molar-refractivity contribution in [3.8, 4) is 0 Å². The fourth-order valence-corrected chi connectivity index (χ4v) is 7.10. The van der Waals surface area contributed by atoms with Gasteiger partial charge in [-0.2, -0.15) is 0 Å². The predicted octanol–water partition coefficient (Wildman–Crippen LogP) is 12.2. The van der Waals surface area contributed by atoms with Crippen LogP contribution in [0.5, 0.6) is 0 Å². The molecule has 9 heteroatoms. The highest BCUT2D eigenvalue weighted by Crippen LogP contribution is 2.19. The molecule has 1 rings (SSSR count). The van der Waals surface area contributed by atoms with Crippen molar-refractivity contribution in [2.24, 2.45) is 0 Å². The molecule has 0 spiro atoms. The number of unbranched alkanes of at least 4 members (excludes halogenated alkanes) is 15. The van der Waals surface area contributed by atoms with Crippen LogP contribution in [0.15, 0.2) is 24.5 Å². The third kappa shape index (κ3) is 27.3. The normalized spacial score (nSPS) is 11.5. The third-order valence-corrected chi connectivity index (χ3v) is 10.6. The maximum Gasteiger partial charge on any atom is 0.306 e. The maximum absolute atomic E-state index is 13.3. The van der Waals surface area contributed by atoms with E-state index >= 15 is 0 Å². The maximum atomic E-state index is 13.3. The number of amides is 1. The van der Waals surface area contributed by atoms with Crippen molar-refractivity contribution in [2.45, 2.75) is 201 Å². The first-order valence-corrected chi connectivity index (χ1v) is 22.3. The summed E-state index contributed by atoms with van der Waals surface area (Å²) in [6, 6.07) is 0. The lowest BCUT2D eigenvalue weighted by Crippen LogP contribution is -2.30. The minimum Gasteiger partial charge on any atom is -0.462 e. The highest BCUT2D eigenvalue weighted by Gasteiger charge is 2.17. The average molecular weight is 748 g/mol. The van der Waals surface area contributed by atoms with Crippen LogP contribution in [0, 0.1) is 6.92 Å². The lowest BCUT2D eigenvalue weighted by atomic mass is 10.0. The van der Waals surface area contributed by atoms with Crippen molar-refractivity contribution in [1.29, 1.82) is 0 Å². The Bertz CT molecular complexity index is 1030. The molecule has 0 bridgehead atoms. The third-order valence-electron chi connectivity index (χ3n) is 9.61. The molecule has 0 N–H and O–H groups in total. The minimum absolute atomic E-state index is 0.0328. The summed E-state index contributed by atoms with van der Waals surface area (Å²) in [5.41, 5.74) is 0. The Kier molecular flexibility index (Phi) is 31.6. The number of carbonyl (C=O) groups is 3. The summed E-state index contributed by atoms with van der Waals surface area (Å²) < 4.78 is 13.5. The SMILES string of the molecule is CCCCCC/C=C\COC(=O)CCCCCN(CCCCC(=O)OC(CCCCCCC)CCCCCCC)C(=O)SCCCn1ccnc1C. The number of aryl methyl sites for hydroxylation is 2. The molecule has 0 aliphatic rings. The molecule has 0 aliphatic heterocycles. The minimum atomic E-state index is -0.158. The van der Waals surface area contributed by atoms with Crippen LogP contribution >= 0.6 is 11.8 Å². The Labute approximate surface area is 323 Å². The van der Waals surface area contributed by atoms with Crippen molar-refractivity contribution < 1.29 is 23.9 Å². The first-order chi connectivity index (χ1) is 25.4. The molecular formula is C43H77N3O5S. The number of carbonyl (C=O) groups excluding carboxylic acids is 3. The summed E-state index contributed by atoms with van der Waals surface area (Å²) in [4.78, 5) is 44.6. The summed E-state index contributed by atoms with van der Waals surface area (Å²) >= 11 is 1.38. The Morgan fingerprint density at radius 3 is 1.94 bits per heavy atom. The van der Waals surface area contributed by atoms with Gasteiger partial charge >= 0.3 is 11.9 Å². The molecule has 0 aliphatic carbocycles. The van der Waals surface area contributed by atoms with Gasteiger partial charge in [0.2, 0.25) is 0 Å². The zero-order valence-corrected chi connectivity index (χ0v) is 34.7. The monoisotopic (exact) mass is 748 g/mol. The summed E-state index contributed by atoms with van der Waals surface area (Å²) in [5, 5.41) is 0.0945. The van der Waals surface area contributed by atoms with E-state index in [1.165, 1.54) is 88.8 Å². The van der Waals surface area contributed by atoms with Crippen molar-refractivity contribution in [2.75, 3.05) is 25.4 Å². The van der Waals surface area contributed by atoms with E-state index in [2.05, 4.69) is 36.4 Å². The van der Waals surface area contributed by atoms with Crippen LogP contribution in [0.25, 0.3) is 0 Å². The van der Waals surface area contributed by atoms with Crippen LogP contribution in [0.1, 0.15) is 187 Å². The highest BCUT2D eigenvalue weighted by atomic mass is 32.2. The summed E-state index contributed by atoms with van der Waals surface area (Å²) in [6.45, 7) is 11.2. The fraction of sp³-hybridized carbons (Fsp3) is 0.814. The van der Waals surface area contributed by atoms with Gasteiger partial charge in [0, 0.05) is 50.6 Å². The average Bonchev–Trinajstić information content (AvgIpc) is 3.55. The van der Waals surface area contributed by atoms with E-state index in [-0.39, 0.29) is 23.3 Å². The van der Waals surface area contributed by atoms with Gasteiger partial charge in [-0.25, -0.2) is 4.98 Å². The molecule has 0 atom stereocenters. The van der Waals surface area contributed by atoms with Gasteiger partial charge in [-0.05, 0) is 77.6 Å². The fourth-order valence-electron chi connectivity index (χ4n) is 6.29. The highest BCUT2D eigenvalue weighted by molar-refractivity contribution is 8.13. The smallest absolute Gasteiger partial charge is 0.306 e. The van der Waals surface area contributed by atoms with Gasteiger partial charge in [0.25, 0.3) is 5.24 Å². The number of aromatic nitrogens is 2. The lowest BCUT2D eigenvalue weighted by molar-refractivity contribution is -0.150. The summed E-state index contributed by atoms with van der Waals surface area (Å²) in [7, 11) is 0. The zero-order chi connectivity index (χ0) is 37.9. The van der Waals surface area contributed by atoms with Gasteiger partial charge in [0.15, 0.2) is 0 Å². The standard InChI is InChI=1S/C43H77N3O5S/c1-5-8-11-14-15-18-26-37-50-41(47)30-22-19-24-33-46(43(49)52-38-27-35-45-36-32-44-39(45)4)34-25-23-31-42(48)51-40(28-20-16-12-9-6-2)29-21-17-13-10-7-3/h18,26,32,36,40H,5-17,19-25,27-31,33-35,37-38H2,1-4H3/b26-18-. The van der Waals surface area contributed by atoms with Crippen LogP contribution < -0.4 is 0 Å². The molecule has 300 valence electrons. The van der Waals surface area contributed by atoms with Crippen LogP contribution in [0.4, 0.5) is 4.79 Å². The van der Waals surface area contributed by atoms with Gasteiger partial charge in [0.05, 0.1) is 0 Å². The first-order valence-electron chi connectivity index (χ1n) is 21.3. The molecular weight excluding hydrogens is 671 g/mol. The Morgan fingerprint density at radius 1 is 0.731 bits per heavy atom. The van der Waals surface area contributed by atoms with Crippen LogP contribution in [-0.2, 0) is 25.6 Å². The van der Waals surface area contributed by atoms with E-state index in [1.54, 1.807) is 0 Å². The second kappa shape index (κ2) is 34.5. The van der Waals surface area contributed by atoms with Crippen LogP contribution in [-0.4, -0.2) is 63.2 Å². The molecule has 1 heterocycles. The van der Waals surface area contributed by atoms with E-state index < -0.39 is 0 Å². The summed E-state index contributed by atoms with van der Waals surface area (Å²) in [6.07, 6.45) is 33.6. The van der Waals surface area contributed by atoms with E-state index in [1.807, 2.05) is 30.3 Å². The molecule has 0 saturated carbocycles. The van der Waals surface area contributed by atoms with Gasteiger partial charge < -0.3 is 18.9 Å². The van der Waals surface area contributed by atoms with E-state index in [0.717, 1.165) is 82.3 Å². The number of hydrogen-bond donors (Lipinski definition) is 0. The number of allylic oxidation sites excluding steroid dienone is 1. The molecule has 0 aromatic carbocycles. The Morgan fingerprint density at radius 2 is 1.31 bits per heavy atom. The largest absolute Gasteiger partial charge is 0.462 e. The van der Waals surface area contributed by atoms with Crippen molar-refractivity contribution in [3.63, 3.8) is 0 Å². The van der Waals surface area contributed by atoms with Gasteiger partial charge in [-0.1, -0.05) is 122 Å². The molecule has 52 heavy (non-hydrogen) atoms. The molecule has 0 fully saturated rings. The zero-order valence-electron chi connectivity index (χ0n) is 33.9. The van der Waals surface area contributed by atoms with Crippen LogP contribution in [0.2, 0.25) is 0 Å². The van der Waals surface area contributed by atoms with E-state index in [9.17, 15) is 14.4 Å². The van der Waals surface area contributed by atoms with Gasteiger partial charge in [-0.15, -0.1) is 0 Å². The molecule has 8 nitrogen and oxygen atoms in total. The van der Waals surface area contributed by atoms with Crippen LogP contribution in [0.3, 0.4) is 0 Å². The first kappa shape index (κ1) is 47.7. The second-order valence-corrected chi connectivity index (χ2v) is 15.5. The molecule has 1 aromatic rings. The van der Waals surface area contributed by atoms with E-state index in [0.29, 0.717) is 39.0 Å². The Hall–Kier alpha value is -2.29. The number of imidazole rings is 1. The predicted molar refractivity (Wildman–Crippen MR) is 219 cm³/mol.